The third-order valence-electron chi connectivity index (χ3n) is 4.04. The average Bonchev–Trinajstić information content (AvgIpc) is 3.24. The Morgan fingerprint density at radius 3 is 2.74 bits per heavy atom. The molecule has 0 aliphatic carbocycles. The van der Waals surface area contributed by atoms with Crippen molar-refractivity contribution in [2.24, 2.45) is 0 Å². The second kappa shape index (κ2) is 7.58. The first-order valence-corrected chi connectivity index (χ1v) is 9.91. The fourth-order valence-corrected chi connectivity index (χ4v) is 3.98. The highest BCUT2D eigenvalue weighted by Gasteiger charge is 2.13. The van der Waals surface area contributed by atoms with Crippen molar-refractivity contribution in [2.45, 2.75) is 6.42 Å². The molecule has 1 amide bonds. The highest BCUT2D eigenvalue weighted by Crippen LogP contribution is 2.21. The molecule has 0 bridgehead atoms. The SMILES string of the molecule is O=C(NCCc1csc2nc(-c3ccc(F)cc3)nn12)c1ccccc1Br. The number of halogens is 2. The molecule has 2 aromatic carbocycles. The van der Waals surface area contributed by atoms with E-state index in [-0.39, 0.29) is 11.7 Å². The van der Waals surface area contributed by atoms with E-state index in [1.807, 2.05) is 23.6 Å². The van der Waals surface area contributed by atoms with E-state index in [1.54, 1.807) is 22.7 Å². The predicted molar refractivity (Wildman–Crippen MR) is 106 cm³/mol. The summed E-state index contributed by atoms with van der Waals surface area (Å²) in [5, 5.41) is 9.42. The standard InChI is InChI=1S/C19H14BrFN4OS/c20-16-4-2-1-3-15(16)18(26)22-10-9-14-11-27-19-23-17(24-25(14)19)12-5-7-13(21)8-6-12/h1-8,11H,9-10H2,(H,22,26). The van der Waals surface area contributed by atoms with Gasteiger partial charge in [-0.05, 0) is 52.3 Å². The molecule has 1 N–H and O–H groups in total. The molecule has 0 radical (unpaired) electrons. The first kappa shape index (κ1) is 17.8. The maximum absolute atomic E-state index is 13.1. The van der Waals surface area contributed by atoms with Gasteiger partial charge in [-0.1, -0.05) is 12.1 Å². The lowest BCUT2D eigenvalue weighted by Gasteiger charge is -2.06. The highest BCUT2D eigenvalue weighted by atomic mass is 79.9. The molecular weight excluding hydrogens is 431 g/mol. The van der Waals surface area contributed by atoms with Crippen LogP contribution in [0.5, 0.6) is 0 Å². The van der Waals surface area contributed by atoms with E-state index < -0.39 is 0 Å². The number of hydrogen-bond acceptors (Lipinski definition) is 4. The Morgan fingerprint density at radius 2 is 1.96 bits per heavy atom. The van der Waals surface area contributed by atoms with Gasteiger partial charge in [-0.25, -0.2) is 8.91 Å². The second-order valence-electron chi connectivity index (χ2n) is 5.85. The Morgan fingerprint density at radius 1 is 1.19 bits per heavy atom. The van der Waals surface area contributed by atoms with Gasteiger partial charge in [-0.15, -0.1) is 16.4 Å². The lowest BCUT2D eigenvalue weighted by Crippen LogP contribution is -2.26. The summed E-state index contributed by atoms with van der Waals surface area (Å²) < 4.78 is 15.6. The van der Waals surface area contributed by atoms with Crippen LogP contribution in [-0.4, -0.2) is 27.0 Å². The van der Waals surface area contributed by atoms with E-state index in [1.165, 1.54) is 23.5 Å². The van der Waals surface area contributed by atoms with Gasteiger partial charge in [-0.3, -0.25) is 4.79 Å². The molecular formula is C19H14BrFN4OS. The summed E-state index contributed by atoms with van der Waals surface area (Å²) in [7, 11) is 0. The Labute approximate surface area is 167 Å². The Kier molecular flexibility index (Phi) is 5.00. The number of carbonyl (C=O) groups excluding carboxylic acids is 1. The molecule has 0 saturated carbocycles. The third-order valence-corrected chi connectivity index (χ3v) is 5.59. The van der Waals surface area contributed by atoms with Gasteiger partial charge in [0, 0.05) is 28.4 Å². The van der Waals surface area contributed by atoms with Crippen LogP contribution in [0.3, 0.4) is 0 Å². The molecule has 2 heterocycles. The van der Waals surface area contributed by atoms with Gasteiger partial charge in [0.2, 0.25) is 4.96 Å². The fraction of sp³-hybridized carbons (Fsp3) is 0.105. The molecule has 0 unspecified atom stereocenters. The van der Waals surface area contributed by atoms with E-state index in [2.05, 4.69) is 31.3 Å². The largest absolute Gasteiger partial charge is 0.352 e. The molecule has 0 spiro atoms. The van der Waals surface area contributed by atoms with Crippen LogP contribution in [0.25, 0.3) is 16.3 Å². The lowest BCUT2D eigenvalue weighted by atomic mass is 10.2. The van der Waals surface area contributed by atoms with Gasteiger partial charge in [0.15, 0.2) is 5.82 Å². The van der Waals surface area contributed by atoms with E-state index >= 15 is 0 Å². The number of fused-ring (bicyclic) bond motifs is 1. The molecule has 0 saturated heterocycles. The Balaban J connectivity index is 1.46. The maximum Gasteiger partial charge on any atom is 0.252 e. The zero-order chi connectivity index (χ0) is 18.8. The molecule has 27 heavy (non-hydrogen) atoms. The minimum absolute atomic E-state index is 0.125. The Bertz CT molecular complexity index is 1110. The van der Waals surface area contributed by atoms with Crippen molar-refractivity contribution in [2.75, 3.05) is 6.54 Å². The number of carbonyl (C=O) groups is 1. The molecule has 2 aromatic heterocycles. The average molecular weight is 445 g/mol. The first-order valence-electron chi connectivity index (χ1n) is 8.23. The van der Waals surface area contributed by atoms with E-state index in [0.717, 1.165) is 20.7 Å². The third kappa shape index (κ3) is 3.77. The topological polar surface area (TPSA) is 59.3 Å². The number of aromatic nitrogens is 3. The van der Waals surface area contributed by atoms with Crippen LogP contribution >= 0.6 is 27.3 Å². The van der Waals surface area contributed by atoms with Crippen LogP contribution in [0.15, 0.2) is 58.4 Å². The number of nitrogens with zero attached hydrogens (tertiary/aromatic N) is 3. The van der Waals surface area contributed by atoms with Crippen LogP contribution in [0, 0.1) is 5.82 Å². The van der Waals surface area contributed by atoms with Crippen LogP contribution < -0.4 is 5.32 Å². The van der Waals surface area contributed by atoms with Crippen molar-refractivity contribution in [1.82, 2.24) is 19.9 Å². The zero-order valence-electron chi connectivity index (χ0n) is 14.0. The van der Waals surface area contributed by atoms with Crippen molar-refractivity contribution in [3.8, 4) is 11.4 Å². The molecule has 0 fully saturated rings. The Hall–Kier alpha value is -2.58. The molecule has 5 nitrogen and oxygen atoms in total. The van der Waals surface area contributed by atoms with Crippen LogP contribution in [0.4, 0.5) is 4.39 Å². The van der Waals surface area contributed by atoms with Crippen LogP contribution in [0.2, 0.25) is 0 Å². The maximum atomic E-state index is 13.1. The summed E-state index contributed by atoms with van der Waals surface area (Å²) in [6, 6.07) is 13.4. The van der Waals surface area contributed by atoms with Crippen molar-refractivity contribution in [3.63, 3.8) is 0 Å². The quantitative estimate of drug-likeness (QED) is 0.498. The zero-order valence-corrected chi connectivity index (χ0v) is 16.4. The van der Waals surface area contributed by atoms with Gasteiger partial charge in [0.05, 0.1) is 11.3 Å². The van der Waals surface area contributed by atoms with E-state index in [0.29, 0.717) is 24.4 Å². The van der Waals surface area contributed by atoms with Gasteiger partial charge in [0.25, 0.3) is 5.91 Å². The number of amides is 1. The number of hydrogen-bond donors (Lipinski definition) is 1. The summed E-state index contributed by atoms with van der Waals surface area (Å²) in [6.07, 6.45) is 0.627. The molecule has 0 atom stereocenters. The van der Waals surface area contributed by atoms with Gasteiger partial charge < -0.3 is 5.32 Å². The monoisotopic (exact) mass is 444 g/mol. The van der Waals surface area contributed by atoms with Gasteiger partial charge in [0.1, 0.15) is 5.82 Å². The van der Waals surface area contributed by atoms with Crippen LogP contribution in [-0.2, 0) is 6.42 Å². The van der Waals surface area contributed by atoms with E-state index in [9.17, 15) is 9.18 Å². The first-order chi connectivity index (χ1) is 13.1. The molecule has 4 rings (SSSR count). The lowest BCUT2D eigenvalue weighted by molar-refractivity contribution is 0.0953. The summed E-state index contributed by atoms with van der Waals surface area (Å²) in [6.45, 7) is 0.484. The summed E-state index contributed by atoms with van der Waals surface area (Å²) in [4.78, 5) is 17.5. The normalized spacial score (nSPS) is 11.0. The molecule has 4 aromatic rings. The van der Waals surface area contributed by atoms with Crippen molar-refractivity contribution < 1.29 is 9.18 Å². The molecule has 0 aliphatic rings. The fourth-order valence-electron chi connectivity index (χ4n) is 2.66. The van der Waals surface area contributed by atoms with Crippen molar-refractivity contribution in [1.29, 1.82) is 0 Å². The van der Waals surface area contributed by atoms with Gasteiger partial charge >= 0.3 is 0 Å². The minimum Gasteiger partial charge on any atom is -0.352 e. The highest BCUT2D eigenvalue weighted by molar-refractivity contribution is 9.10. The second-order valence-corrected chi connectivity index (χ2v) is 7.54. The molecule has 136 valence electrons. The van der Waals surface area contributed by atoms with Crippen molar-refractivity contribution >= 4 is 38.1 Å². The predicted octanol–water partition coefficient (Wildman–Crippen LogP) is 4.33. The van der Waals surface area contributed by atoms with Crippen molar-refractivity contribution in [3.05, 3.63) is 75.5 Å². The number of thiazole rings is 1. The smallest absolute Gasteiger partial charge is 0.252 e. The number of rotatable bonds is 5. The summed E-state index contributed by atoms with van der Waals surface area (Å²) in [5.41, 5.74) is 2.33. The number of benzene rings is 2. The summed E-state index contributed by atoms with van der Waals surface area (Å²) in [5.74, 6) is 0.140. The summed E-state index contributed by atoms with van der Waals surface area (Å²) >= 11 is 4.87. The van der Waals surface area contributed by atoms with Gasteiger partial charge in [-0.2, -0.15) is 4.98 Å². The van der Waals surface area contributed by atoms with Crippen LogP contribution in [0.1, 0.15) is 16.1 Å². The molecule has 0 aliphatic heterocycles. The van der Waals surface area contributed by atoms with E-state index in [4.69, 9.17) is 0 Å². The molecule has 8 heteroatoms. The minimum atomic E-state index is -0.291. The number of nitrogens with one attached hydrogen (secondary N) is 1.